The Hall–Kier alpha value is -4.77. The average Bonchev–Trinajstić information content (AvgIpc) is 3.81. The third-order valence-corrected chi connectivity index (χ3v) is 11.7. The lowest BCUT2D eigenvalue weighted by molar-refractivity contribution is -0.137. The van der Waals surface area contributed by atoms with E-state index in [2.05, 4.69) is 80.0 Å². The lowest BCUT2D eigenvalue weighted by Gasteiger charge is -2.21. The highest BCUT2D eigenvalue weighted by molar-refractivity contribution is 8.30. The molecule has 10 heteroatoms. The van der Waals surface area contributed by atoms with E-state index in [1.54, 1.807) is 12.2 Å². The number of carboxylic acid groups (broad SMARTS) is 1. The summed E-state index contributed by atoms with van der Waals surface area (Å²) in [7, 11) is 0. The van der Waals surface area contributed by atoms with Crippen molar-refractivity contribution in [2.24, 2.45) is 0 Å². The van der Waals surface area contributed by atoms with Gasteiger partial charge in [-0.3, -0.25) is 23.9 Å². The first-order valence-electron chi connectivity index (χ1n) is 16.3. The van der Waals surface area contributed by atoms with Gasteiger partial charge in [-0.1, -0.05) is 90.8 Å². The van der Waals surface area contributed by atoms with Crippen molar-refractivity contribution < 1.29 is 14.7 Å². The van der Waals surface area contributed by atoms with E-state index in [0.717, 1.165) is 57.5 Å². The number of hydrogen-bond acceptors (Lipinski definition) is 7. The summed E-state index contributed by atoms with van der Waals surface area (Å²) < 4.78 is 2.19. The van der Waals surface area contributed by atoms with Crippen LogP contribution in [0, 0.1) is 0 Å². The summed E-state index contributed by atoms with van der Waals surface area (Å²) in [6.07, 6.45) is 16.7. The molecule has 3 aromatic rings. The second-order valence-electron chi connectivity index (χ2n) is 12.1. The standard InChI is InChI=1S/C40H37N3O4S3/c1-6-9-12-30-31(20-24(4)7-2)25(5)29-16-15-28(22-32(29)30)42-19-18-27-21-26(14-17-33(27)42)11-10-13-34-37(46)43(23-35(44)45)39(49-34)36-38(47)41(8-3)40(48)50-36/h6-7,9-17,20-22H,2,8,18-19,23H2,1,3-5H3,(H,44,45)/b9-6+,11-10?,24-20-,30-12+,34-13?,39-36+. The van der Waals surface area contributed by atoms with E-state index in [-0.39, 0.29) is 10.8 Å². The second kappa shape index (κ2) is 14.6. The largest absolute Gasteiger partial charge is 0.480 e. The summed E-state index contributed by atoms with van der Waals surface area (Å²) in [5, 5.41) is 9.49. The molecular formula is C40H37N3O4S3. The number of amides is 1. The van der Waals surface area contributed by atoms with Crippen LogP contribution < -0.4 is 19.7 Å². The number of carbonyl (C=O) groups excluding carboxylic acids is 1. The smallest absolute Gasteiger partial charge is 0.323 e. The number of carboxylic acids is 1. The Bertz CT molecular complexity index is 2320. The molecule has 3 aliphatic rings. The second-order valence-corrected chi connectivity index (χ2v) is 14.8. The number of thiazole rings is 1. The number of aliphatic carboxylic acids is 1. The van der Waals surface area contributed by atoms with Gasteiger partial charge >= 0.3 is 5.97 Å². The van der Waals surface area contributed by atoms with Crippen LogP contribution >= 0.6 is 35.3 Å². The highest BCUT2D eigenvalue weighted by Crippen LogP contribution is 2.45. The highest BCUT2D eigenvalue weighted by atomic mass is 32.2. The topological polar surface area (TPSA) is 82.8 Å². The number of fused-ring (bicyclic) bond motifs is 2. The monoisotopic (exact) mass is 719 g/mol. The zero-order valence-electron chi connectivity index (χ0n) is 28.4. The normalized spacial score (nSPS) is 18.5. The van der Waals surface area contributed by atoms with Gasteiger partial charge in [0.15, 0.2) is 0 Å². The highest BCUT2D eigenvalue weighted by Gasteiger charge is 2.33. The Morgan fingerprint density at radius 2 is 1.90 bits per heavy atom. The van der Waals surface area contributed by atoms with Gasteiger partial charge in [0.1, 0.15) is 20.4 Å². The van der Waals surface area contributed by atoms with Gasteiger partial charge in [-0.15, -0.1) is 11.3 Å². The fraction of sp³-hybridized carbons (Fsp3) is 0.200. The van der Waals surface area contributed by atoms with E-state index in [0.29, 0.717) is 20.1 Å². The molecule has 254 valence electrons. The van der Waals surface area contributed by atoms with Crippen molar-refractivity contribution in [2.75, 3.05) is 18.0 Å². The van der Waals surface area contributed by atoms with Gasteiger partial charge in [0.25, 0.3) is 11.5 Å². The Morgan fingerprint density at radius 3 is 2.60 bits per heavy atom. The zero-order valence-corrected chi connectivity index (χ0v) is 30.8. The molecule has 6 rings (SSSR count). The van der Waals surface area contributed by atoms with Gasteiger partial charge in [-0.25, -0.2) is 0 Å². The molecule has 2 aliphatic heterocycles. The van der Waals surface area contributed by atoms with Crippen LogP contribution in [0.2, 0.25) is 0 Å². The number of carbonyl (C=O) groups is 2. The van der Waals surface area contributed by atoms with Crippen molar-refractivity contribution in [1.29, 1.82) is 0 Å². The van der Waals surface area contributed by atoms with Crippen molar-refractivity contribution in [2.45, 2.75) is 40.7 Å². The number of anilines is 2. The molecule has 0 radical (unpaired) electrons. The maximum absolute atomic E-state index is 13.3. The van der Waals surface area contributed by atoms with Crippen LogP contribution in [0.3, 0.4) is 0 Å². The van der Waals surface area contributed by atoms with E-state index >= 15 is 0 Å². The molecule has 0 unspecified atom stereocenters. The maximum atomic E-state index is 13.3. The molecule has 1 saturated heterocycles. The average molecular weight is 720 g/mol. The summed E-state index contributed by atoms with van der Waals surface area (Å²) in [6.45, 7) is 12.8. The molecule has 1 aliphatic carbocycles. The fourth-order valence-electron chi connectivity index (χ4n) is 6.41. The predicted molar refractivity (Wildman–Crippen MR) is 213 cm³/mol. The summed E-state index contributed by atoms with van der Waals surface area (Å²) in [5.74, 6) is -1.47. The first-order chi connectivity index (χ1) is 24.1. The Balaban J connectivity index is 1.29. The molecule has 7 nitrogen and oxygen atoms in total. The van der Waals surface area contributed by atoms with Crippen LogP contribution in [-0.2, 0) is 22.6 Å². The summed E-state index contributed by atoms with van der Waals surface area (Å²) in [4.78, 5) is 41.9. The van der Waals surface area contributed by atoms with E-state index < -0.39 is 18.1 Å². The number of aromatic nitrogens is 1. The minimum Gasteiger partial charge on any atom is -0.480 e. The zero-order chi connectivity index (χ0) is 35.7. The first kappa shape index (κ1) is 35.1. The SMILES string of the molecule is C=C/C(C)=C\C1=C(C)c2ccc(N3CCc4cc(C=CC=c5s/c(=C6/SC(=S)N(CC)C6=O)n(CC(=O)O)c5=O)ccc43)cc2/C1=C/C=C/C. The third kappa shape index (κ3) is 6.58. The summed E-state index contributed by atoms with van der Waals surface area (Å²) in [6, 6.07) is 13.1. The van der Waals surface area contributed by atoms with Gasteiger partial charge in [0.2, 0.25) is 0 Å². The van der Waals surface area contributed by atoms with E-state index in [9.17, 15) is 19.5 Å². The van der Waals surface area contributed by atoms with Crippen LogP contribution in [0.5, 0.6) is 0 Å². The molecule has 1 amide bonds. The number of rotatable bonds is 9. The van der Waals surface area contributed by atoms with E-state index in [1.807, 2.05) is 32.1 Å². The van der Waals surface area contributed by atoms with Gasteiger partial charge in [-0.2, -0.15) is 0 Å². The summed E-state index contributed by atoms with van der Waals surface area (Å²) in [5.41, 5.74) is 11.4. The number of benzene rings is 2. The molecule has 50 heavy (non-hydrogen) atoms. The van der Waals surface area contributed by atoms with Crippen LogP contribution in [0.4, 0.5) is 11.4 Å². The Labute approximate surface area is 304 Å². The molecule has 1 aromatic heterocycles. The van der Waals surface area contributed by atoms with Crippen LogP contribution in [0.1, 0.15) is 49.9 Å². The Kier molecular flexibility index (Phi) is 10.2. The van der Waals surface area contributed by atoms with E-state index in [4.69, 9.17) is 12.2 Å². The molecule has 1 fully saturated rings. The van der Waals surface area contributed by atoms with Crippen LogP contribution in [-0.4, -0.2) is 43.9 Å². The Morgan fingerprint density at radius 1 is 1.10 bits per heavy atom. The quantitative estimate of drug-likeness (QED) is 0.188. The lowest BCUT2D eigenvalue weighted by atomic mass is 10.00. The molecule has 0 saturated carbocycles. The van der Waals surface area contributed by atoms with Crippen LogP contribution in [0.15, 0.2) is 95.4 Å². The minimum atomic E-state index is -1.16. The molecule has 3 heterocycles. The fourth-order valence-corrected chi connectivity index (χ4v) is 9.00. The number of hydrogen-bond donors (Lipinski definition) is 1. The van der Waals surface area contributed by atoms with Crippen molar-refractivity contribution >= 4 is 91.1 Å². The van der Waals surface area contributed by atoms with Crippen molar-refractivity contribution in [3.63, 3.8) is 0 Å². The van der Waals surface area contributed by atoms with Gasteiger partial charge < -0.3 is 10.0 Å². The maximum Gasteiger partial charge on any atom is 0.323 e. The lowest BCUT2D eigenvalue weighted by Crippen LogP contribution is -2.35. The number of thioether (sulfide) groups is 1. The van der Waals surface area contributed by atoms with Gasteiger partial charge in [-0.05, 0) is 103 Å². The van der Waals surface area contributed by atoms with Crippen molar-refractivity contribution in [3.8, 4) is 0 Å². The van der Waals surface area contributed by atoms with Gasteiger partial charge in [0.05, 0.1) is 4.53 Å². The van der Waals surface area contributed by atoms with Crippen molar-refractivity contribution in [3.05, 3.63) is 132 Å². The molecule has 1 N–H and O–H groups in total. The predicted octanol–water partition coefficient (Wildman–Crippen LogP) is 7.05. The van der Waals surface area contributed by atoms with E-state index in [1.165, 1.54) is 44.0 Å². The molecular weight excluding hydrogens is 683 g/mol. The number of nitrogens with zero attached hydrogens (tertiary/aromatic N) is 3. The first-order valence-corrected chi connectivity index (χ1v) is 18.4. The molecule has 0 atom stereocenters. The summed E-state index contributed by atoms with van der Waals surface area (Å²) >= 11 is 7.54. The molecule has 0 spiro atoms. The van der Waals surface area contributed by atoms with Crippen molar-refractivity contribution in [1.82, 2.24) is 9.47 Å². The van der Waals surface area contributed by atoms with Gasteiger partial charge in [0, 0.05) is 24.5 Å². The molecule has 2 aromatic carbocycles. The van der Waals surface area contributed by atoms with Crippen LogP contribution in [0.25, 0.3) is 28.2 Å². The molecule has 0 bridgehead atoms. The minimum absolute atomic E-state index is 0.284. The number of allylic oxidation sites excluding steroid dienone is 10. The number of thiocarbonyl (C=S) groups is 1. The third-order valence-electron chi connectivity index (χ3n) is 8.95.